The zero-order chi connectivity index (χ0) is 10.2. The summed E-state index contributed by atoms with van der Waals surface area (Å²) >= 11 is 0. The maximum absolute atomic E-state index is 4.28. The lowest BCUT2D eigenvalue weighted by Crippen LogP contribution is -2.16. The van der Waals surface area contributed by atoms with E-state index in [4.69, 9.17) is 0 Å². The molecule has 78 valence electrons. The third-order valence-corrected chi connectivity index (χ3v) is 2.14. The van der Waals surface area contributed by atoms with Gasteiger partial charge in [0, 0.05) is 19.3 Å². The Kier molecular flexibility index (Phi) is 5.00. The summed E-state index contributed by atoms with van der Waals surface area (Å²) in [7, 11) is 0. The van der Waals surface area contributed by atoms with E-state index >= 15 is 0 Å². The van der Waals surface area contributed by atoms with Crippen LogP contribution in [0.25, 0.3) is 0 Å². The van der Waals surface area contributed by atoms with Crippen molar-refractivity contribution in [1.29, 1.82) is 0 Å². The number of hydrogen-bond donors (Lipinski definition) is 1. The van der Waals surface area contributed by atoms with Gasteiger partial charge in [-0.1, -0.05) is 13.0 Å². The maximum atomic E-state index is 4.28. The van der Waals surface area contributed by atoms with Crippen molar-refractivity contribution < 1.29 is 0 Å². The van der Waals surface area contributed by atoms with E-state index in [0.29, 0.717) is 0 Å². The summed E-state index contributed by atoms with van der Waals surface area (Å²) < 4.78 is 2.06. The Labute approximate surface area is 85.8 Å². The normalized spacial score (nSPS) is 10.4. The molecule has 0 spiro atoms. The number of unbranched alkanes of at least 4 members (excludes halogenated alkanes) is 1. The number of nitrogens with zero attached hydrogens (tertiary/aromatic N) is 2. The predicted octanol–water partition coefficient (Wildman–Crippen LogP) is 1.96. The molecule has 3 nitrogen and oxygen atoms in total. The van der Waals surface area contributed by atoms with Gasteiger partial charge in [0.2, 0.25) is 0 Å². The average molecular weight is 193 g/mol. The molecule has 0 amide bonds. The van der Waals surface area contributed by atoms with Gasteiger partial charge in [0.1, 0.15) is 0 Å². The van der Waals surface area contributed by atoms with Crippen LogP contribution in [-0.4, -0.2) is 16.3 Å². The van der Waals surface area contributed by atoms with E-state index in [-0.39, 0.29) is 0 Å². The van der Waals surface area contributed by atoms with Gasteiger partial charge in [0.25, 0.3) is 0 Å². The van der Waals surface area contributed by atoms with E-state index < -0.39 is 0 Å². The van der Waals surface area contributed by atoms with Crippen molar-refractivity contribution in [3.8, 4) is 0 Å². The van der Waals surface area contributed by atoms with Gasteiger partial charge in [-0.25, -0.2) is 0 Å². The Morgan fingerprint density at radius 2 is 2.50 bits per heavy atom. The molecule has 1 heterocycles. The molecule has 0 aromatic carbocycles. The fraction of sp³-hybridized carbons (Fsp3) is 0.545. The second-order valence-electron chi connectivity index (χ2n) is 3.26. The topological polar surface area (TPSA) is 29.9 Å². The largest absolute Gasteiger partial charge is 0.311 e. The first-order valence-corrected chi connectivity index (χ1v) is 5.20. The van der Waals surface area contributed by atoms with Gasteiger partial charge >= 0.3 is 0 Å². The molecule has 0 unspecified atom stereocenters. The molecule has 0 aliphatic heterocycles. The highest BCUT2D eigenvalue weighted by molar-refractivity contribution is 4.99. The molecule has 0 saturated heterocycles. The molecule has 0 fully saturated rings. The number of nitrogens with one attached hydrogen (secondary N) is 1. The Morgan fingerprint density at radius 3 is 3.21 bits per heavy atom. The van der Waals surface area contributed by atoms with Gasteiger partial charge in [-0.3, -0.25) is 4.68 Å². The molecule has 0 aliphatic carbocycles. The lowest BCUT2D eigenvalue weighted by Gasteiger charge is -2.06. The van der Waals surface area contributed by atoms with Crippen LogP contribution in [-0.2, 0) is 13.1 Å². The smallest absolute Gasteiger partial charge is 0.0522 e. The highest BCUT2D eigenvalue weighted by Crippen LogP contribution is 2.01. The Morgan fingerprint density at radius 1 is 1.64 bits per heavy atom. The first-order chi connectivity index (χ1) is 6.88. The fourth-order valence-corrected chi connectivity index (χ4v) is 1.35. The summed E-state index contributed by atoms with van der Waals surface area (Å²) in [4.78, 5) is 0. The van der Waals surface area contributed by atoms with E-state index in [9.17, 15) is 0 Å². The van der Waals surface area contributed by atoms with Crippen molar-refractivity contribution >= 4 is 0 Å². The summed E-state index contributed by atoms with van der Waals surface area (Å²) in [6, 6.07) is 2.07. The molecule has 1 aromatic heterocycles. The standard InChI is InChI=1S/C11H19N3/c1-3-5-6-9-14-11(7-8-13-14)10-12-4-2/h3,7-8,12H,1,4-6,9-10H2,2H3. The zero-order valence-corrected chi connectivity index (χ0v) is 8.87. The summed E-state index contributed by atoms with van der Waals surface area (Å²) in [5, 5.41) is 7.58. The average Bonchev–Trinajstić information content (AvgIpc) is 2.63. The van der Waals surface area contributed by atoms with Crippen LogP contribution in [0.3, 0.4) is 0 Å². The van der Waals surface area contributed by atoms with Crippen LogP contribution >= 0.6 is 0 Å². The van der Waals surface area contributed by atoms with Crippen molar-refractivity contribution in [2.45, 2.75) is 32.9 Å². The molecular formula is C11H19N3. The number of allylic oxidation sites excluding steroid dienone is 1. The van der Waals surface area contributed by atoms with Crippen LogP contribution in [0.1, 0.15) is 25.5 Å². The van der Waals surface area contributed by atoms with E-state index in [2.05, 4.69) is 34.7 Å². The van der Waals surface area contributed by atoms with Crippen LogP contribution in [0.5, 0.6) is 0 Å². The number of aromatic nitrogens is 2. The van der Waals surface area contributed by atoms with Gasteiger partial charge in [0.15, 0.2) is 0 Å². The molecule has 3 heteroatoms. The van der Waals surface area contributed by atoms with Gasteiger partial charge in [-0.15, -0.1) is 6.58 Å². The predicted molar refractivity (Wildman–Crippen MR) is 59.0 cm³/mol. The first kappa shape index (κ1) is 11.0. The van der Waals surface area contributed by atoms with E-state index in [0.717, 1.165) is 32.5 Å². The second-order valence-corrected chi connectivity index (χ2v) is 3.26. The summed E-state index contributed by atoms with van der Waals surface area (Å²) in [5.41, 5.74) is 1.26. The van der Waals surface area contributed by atoms with Gasteiger partial charge in [0.05, 0.1) is 5.69 Å². The quantitative estimate of drug-likeness (QED) is 0.530. The maximum Gasteiger partial charge on any atom is 0.0522 e. The van der Waals surface area contributed by atoms with Crippen LogP contribution in [0, 0.1) is 0 Å². The monoisotopic (exact) mass is 193 g/mol. The molecule has 1 N–H and O–H groups in total. The highest BCUT2D eigenvalue weighted by atomic mass is 15.3. The van der Waals surface area contributed by atoms with Gasteiger partial charge < -0.3 is 5.32 Å². The van der Waals surface area contributed by atoms with E-state index in [1.54, 1.807) is 0 Å². The van der Waals surface area contributed by atoms with Crippen molar-refractivity contribution in [2.75, 3.05) is 6.54 Å². The van der Waals surface area contributed by atoms with Crippen LogP contribution < -0.4 is 5.32 Å². The lowest BCUT2D eigenvalue weighted by molar-refractivity contribution is 0.542. The van der Waals surface area contributed by atoms with Crippen molar-refractivity contribution in [3.63, 3.8) is 0 Å². The molecule has 1 rings (SSSR count). The minimum absolute atomic E-state index is 0.907. The zero-order valence-electron chi connectivity index (χ0n) is 8.87. The van der Waals surface area contributed by atoms with Gasteiger partial charge in [-0.2, -0.15) is 5.10 Å². The van der Waals surface area contributed by atoms with Crippen molar-refractivity contribution in [2.24, 2.45) is 0 Å². The molecule has 14 heavy (non-hydrogen) atoms. The minimum atomic E-state index is 0.907. The summed E-state index contributed by atoms with van der Waals surface area (Å²) in [6.07, 6.45) is 5.98. The molecule has 0 atom stereocenters. The van der Waals surface area contributed by atoms with E-state index in [1.165, 1.54) is 5.69 Å². The van der Waals surface area contributed by atoms with E-state index in [1.807, 2.05) is 12.3 Å². The van der Waals surface area contributed by atoms with Crippen LogP contribution in [0.4, 0.5) is 0 Å². The Hall–Kier alpha value is -1.09. The molecule has 0 aliphatic rings. The fourth-order valence-electron chi connectivity index (χ4n) is 1.35. The lowest BCUT2D eigenvalue weighted by atomic mass is 10.3. The molecular weight excluding hydrogens is 174 g/mol. The molecule has 0 bridgehead atoms. The summed E-state index contributed by atoms with van der Waals surface area (Å²) in [6.45, 7) is 8.71. The summed E-state index contributed by atoms with van der Waals surface area (Å²) in [5.74, 6) is 0. The third kappa shape index (κ3) is 3.34. The molecule has 0 saturated carbocycles. The Balaban J connectivity index is 2.40. The van der Waals surface area contributed by atoms with Crippen LogP contribution in [0.15, 0.2) is 24.9 Å². The number of aryl methyl sites for hydroxylation is 1. The second kappa shape index (κ2) is 6.38. The third-order valence-electron chi connectivity index (χ3n) is 2.14. The number of hydrogen-bond acceptors (Lipinski definition) is 2. The van der Waals surface area contributed by atoms with Crippen molar-refractivity contribution in [3.05, 3.63) is 30.6 Å². The highest BCUT2D eigenvalue weighted by Gasteiger charge is 1.99. The number of rotatable bonds is 7. The van der Waals surface area contributed by atoms with Crippen LogP contribution in [0.2, 0.25) is 0 Å². The SMILES string of the molecule is C=CCCCn1nccc1CNCC. The Bertz CT molecular complexity index is 265. The molecule has 1 aromatic rings. The first-order valence-electron chi connectivity index (χ1n) is 5.20. The van der Waals surface area contributed by atoms with Crippen molar-refractivity contribution in [1.82, 2.24) is 15.1 Å². The molecule has 0 radical (unpaired) electrons. The van der Waals surface area contributed by atoms with Gasteiger partial charge in [-0.05, 0) is 25.5 Å². The minimum Gasteiger partial charge on any atom is -0.311 e.